The molecule has 1 aromatic rings. The monoisotopic (exact) mass is 355 g/mol. The van der Waals surface area contributed by atoms with E-state index in [2.05, 4.69) is 28.6 Å². The Labute approximate surface area is 149 Å². The van der Waals surface area contributed by atoms with Crippen LogP contribution in [-0.2, 0) is 0 Å². The Hall–Kier alpha value is -0.750. The number of thioether (sulfide) groups is 1. The number of hydrogen-bond donors (Lipinski definition) is 1. The molecule has 2 heterocycles. The van der Waals surface area contributed by atoms with Crippen LogP contribution in [0.3, 0.4) is 0 Å². The second-order valence-electron chi connectivity index (χ2n) is 6.16. The highest BCUT2D eigenvalue weighted by molar-refractivity contribution is 7.98. The van der Waals surface area contributed by atoms with Crippen molar-refractivity contribution in [1.82, 2.24) is 15.1 Å². The van der Waals surface area contributed by atoms with Crippen molar-refractivity contribution in [2.75, 3.05) is 45.5 Å². The molecule has 0 spiro atoms. The third-order valence-corrected chi connectivity index (χ3v) is 5.52. The molecule has 0 radical (unpaired) electrons. The second kappa shape index (κ2) is 8.38. The SMILES string of the molecule is CSc1ccc(C)c(C(=O)N2CCC(N3CCNCC3)C2)c1.Cl. The van der Waals surface area contributed by atoms with Crippen molar-refractivity contribution in [1.29, 1.82) is 0 Å². The molecule has 0 aliphatic carbocycles. The molecule has 1 aromatic carbocycles. The summed E-state index contributed by atoms with van der Waals surface area (Å²) in [4.78, 5) is 18.6. The summed E-state index contributed by atoms with van der Waals surface area (Å²) in [6.07, 6.45) is 3.15. The Bertz CT molecular complexity index is 549. The zero-order valence-corrected chi connectivity index (χ0v) is 15.5. The number of nitrogens with zero attached hydrogens (tertiary/aromatic N) is 2. The van der Waals surface area contributed by atoms with Gasteiger partial charge in [0.05, 0.1) is 0 Å². The molecule has 1 N–H and O–H groups in total. The van der Waals surface area contributed by atoms with E-state index in [1.54, 1.807) is 11.8 Å². The van der Waals surface area contributed by atoms with Crippen molar-refractivity contribution >= 4 is 30.1 Å². The third-order valence-electron chi connectivity index (χ3n) is 4.79. The zero-order chi connectivity index (χ0) is 15.5. The van der Waals surface area contributed by atoms with Gasteiger partial charge in [0.25, 0.3) is 5.91 Å². The van der Waals surface area contributed by atoms with Crippen LogP contribution in [0.5, 0.6) is 0 Å². The molecular weight excluding hydrogens is 330 g/mol. The first-order valence-corrected chi connectivity index (χ1v) is 9.30. The molecule has 0 bridgehead atoms. The van der Waals surface area contributed by atoms with Gasteiger partial charge in [-0.3, -0.25) is 9.69 Å². The first-order chi connectivity index (χ1) is 10.7. The predicted octanol–water partition coefficient (Wildman–Crippen LogP) is 2.26. The van der Waals surface area contributed by atoms with Crippen LogP contribution in [0.15, 0.2) is 23.1 Å². The number of carbonyl (C=O) groups is 1. The Kier molecular flexibility index (Phi) is 6.77. The van der Waals surface area contributed by atoms with Crippen molar-refractivity contribution < 1.29 is 4.79 Å². The zero-order valence-electron chi connectivity index (χ0n) is 13.9. The fourth-order valence-electron chi connectivity index (χ4n) is 3.40. The van der Waals surface area contributed by atoms with E-state index in [1.165, 1.54) is 0 Å². The molecule has 128 valence electrons. The number of amides is 1. The summed E-state index contributed by atoms with van der Waals surface area (Å²) in [5, 5.41) is 3.39. The van der Waals surface area contributed by atoms with Gasteiger partial charge in [0.15, 0.2) is 0 Å². The van der Waals surface area contributed by atoms with Crippen molar-refractivity contribution in [2.24, 2.45) is 0 Å². The van der Waals surface area contributed by atoms with Gasteiger partial charge >= 0.3 is 0 Å². The molecule has 0 aromatic heterocycles. The molecule has 2 aliphatic rings. The second-order valence-corrected chi connectivity index (χ2v) is 7.04. The quantitative estimate of drug-likeness (QED) is 0.844. The smallest absolute Gasteiger partial charge is 0.254 e. The lowest BCUT2D eigenvalue weighted by Gasteiger charge is -2.32. The summed E-state index contributed by atoms with van der Waals surface area (Å²) < 4.78 is 0. The minimum Gasteiger partial charge on any atom is -0.337 e. The van der Waals surface area contributed by atoms with Gasteiger partial charge in [0.2, 0.25) is 0 Å². The molecule has 23 heavy (non-hydrogen) atoms. The highest BCUT2D eigenvalue weighted by atomic mass is 35.5. The van der Waals surface area contributed by atoms with Crippen molar-refractivity contribution in [3.8, 4) is 0 Å². The summed E-state index contributed by atoms with van der Waals surface area (Å²) in [5.74, 6) is 0.200. The number of carbonyl (C=O) groups excluding carboxylic acids is 1. The van der Waals surface area contributed by atoms with E-state index in [1.807, 2.05) is 17.9 Å². The minimum atomic E-state index is 0. The van der Waals surface area contributed by atoms with Crippen LogP contribution < -0.4 is 5.32 Å². The topological polar surface area (TPSA) is 35.6 Å². The summed E-state index contributed by atoms with van der Waals surface area (Å²) in [7, 11) is 0. The number of halogens is 1. The van der Waals surface area contributed by atoms with E-state index in [4.69, 9.17) is 0 Å². The van der Waals surface area contributed by atoms with E-state index >= 15 is 0 Å². The summed E-state index contributed by atoms with van der Waals surface area (Å²) >= 11 is 1.69. The van der Waals surface area contributed by atoms with Crippen molar-refractivity contribution in [3.05, 3.63) is 29.3 Å². The summed E-state index contributed by atoms with van der Waals surface area (Å²) in [6.45, 7) is 8.14. The van der Waals surface area contributed by atoms with Crippen LogP contribution in [0.25, 0.3) is 0 Å². The van der Waals surface area contributed by atoms with Crippen LogP contribution in [0.1, 0.15) is 22.3 Å². The molecule has 1 unspecified atom stereocenters. The van der Waals surface area contributed by atoms with Gasteiger partial charge in [-0.05, 0) is 37.3 Å². The molecule has 1 amide bonds. The first kappa shape index (κ1) is 18.6. The van der Waals surface area contributed by atoms with Crippen LogP contribution >= 0.6 is 24.2 Å². The van der Waals surface area contributed by atoms with Crippen molar-refractivity contribution in [2.45, 2.75) is 24.3 Å². The van der Waals surface area contributed by atoms with Crippen LogP contribution in [0.2, 0.25) is 0 Å². The summed E-state index contributed by atoms with van der Waals surface area (Å²) in [6, 6.07) is 6.73. The summed E-state index contributed by atoms with van der Waals surface area (Å²) in [5.41, 5.74) is 1.95. The normalized spacial score (nSPS) is 22.0. The van der Waals surface area contributed by atoms with Gasteiger partial charge in [-0.2, -0.15) is 0 Å². The van der Waals surface area contributed by atoms with E-state index < -0.39 is 0 Å². The van der Waals surface area contributed by atoms with Crippen LogP contribution in [-0.4, -0.2) is 67.3 Å². The Morgan fingerprint density at radius 1 is 1.26 bits per heavy atom. The van der Waals surface area contributed by atoms with Gasteiger partial charge < -0.3 is 10.2 Å². The number of aryl methyl sites for hydroxylation is 1. The third kappa shape index (κ3) is 4.21. The van der Waals surface area contributed by atoms with Gasteiger partial charge in [0.1, 0.15) is 0 Å². The molecule has 4 nitrogen and oxygen atoms in total. The maximum absolute atomic E-state index is 12.9. The average molecular weight is 356 g/mol. The molecule has 1 atom stereocenters. The molecule has 2 fully saturated rings. The van der Waals surface area contributed by atoms with Gasteiger partial charge in [-0.1, -0.05) is 6.07 Å². The molecular formula is C17H26ClN3OS. The fraction of sp³-hybridized carbons (Fsp3) is 0.588. The Morgan fingerprint density at radius 2 is 2.00 bits per heavy atom. The van der Waals surface area contributed by atoms with E-state index in [0.29, 0.717) is 6.04 Å². The van der Waals surface area contributed by atoms with Crippen molar-refractivity contribution in [3.63, 3.8) is 0 Å². The molecule has 3 rings (SSSR count). The first-order valence-electron chi connectivity index (χ1n) is 8.07. The predicted molar refractivity (Wildman–Crippen MR) is 99.0 cm³/mol. The standard InChI is InChI=1S/C17H25N3OS.ClH/c1-13-3-4-15(22-2)11-16(13)17(21)20-8-5-14(12-20)19-9-6-18-7-10-19;/h3-4,11,14,18H,5-10,12H2,1-2H3;1H. The number of hydrogen-bond acceptors (Lipinski definition) is 4. The number of benzene rings is 1. The van der Waals surface area contributed by atoms with E-state index in [-0.39, 0.29) is 18.3 Å². The highest BCUT2D eigenvalue weighted by Gasteiger charge is 2.31. The molecule has 2 saturated heterocycles. The number of nitrogens with one attached hydrogen (secondary N) is 1. The number of piperazine rings is 1. The van der Waals surface area contributed by atoms with E-state index in [9.17, 15) is 4.79 Å². The molecule has 6 heteroatoms. The van der Waals surface area contributed by atoms with Gasteiger partial charge in [0, 0.05) is 55.8 Å². The number of rotatable bonds is 3. The average Bonchev–Trinajstić information content (AvgIpc) is 3.05. The maximum Gasteiger partial charge on any atom is 0.254 e. The van der Waals surface area contributed by atoms with Gasteiger partial charge in [-0.15, -0.1) is 24.2 Å². The largest absolute Gasteiger partial charge is 0.337 e. The lowest BCUT2D eigenvalue weighted by atomic mass is 10.1. The fourth-order valence-corrected chi connectivity index (χ4v) is 3.84. The van der Waals surface area contributed by atoms with Gasteiger partial charge in [-0.25, -0.2) is 0 Å². The maximum atomic E-state index is 12.9. The van der Waals surface area contributed by atoms with E-state index in [0.717, 1.165) is 61.7 Å². The highest BCUT2D eigenvalue weighted by Crippen LogP contribution is 2.23. The minimum absolute atomic E-state index is 0. The number of likely N-dealkylation sites (tertiary alicyclic amines) is 1. The lowest BCUT2D eigenvalue weighted by Crippen LogP contribution is -2.49. The lowest BCUT2D eigenvalue weighted by molar-refractivity contribution is 0.0772. The van der Waals surface area contributed by atoms with Crippen LogP contribution in [0.4, 0.5) is 0 Å². The molecule has 2 aliphatic heterocycles. The Morgan fingerprint density at radius 3 is 2.70 bits per heavy atom. The van der Waals surface area contributed by atoms with Crippen LogP contribution in [0, 0.1) is 6.92 Å². The molecule has 0 saturated carbocycles. The Balaban J connectivity index is 0.00000192.